The number of imidazole rings is 1. The van der Waals surface area contributed by atoms with Gasteiger partial charge in [-0.3, -0.25) is 9.20 Å². The molecule has 0 aliphatic heterocycles. The smallest absolute Gasteiger partial charge is 0.270 e. The van der Waals surface area contributed by atoms with Gasteiger partial charge < -0.3 is 5.32 Å². The largest absolute Gasteiger partial charge is 0.350 e. The van der Waals surface area contributed by atoms with Crippen molar-refractivity contribution >= 4 is 35.8 Å². The van der Waals surface area contributed by atoms with Gasteiger partial charge in [-0.2, -0.15) is 12.6 Å². The molecule has 6 heteroatoms. The quantitative estimate of drug-likeness (QED) is 0.845. The van der Waals surface area contributed by atoms with Crippen LogP contribution in [0.15, 0.2) is 18.3 Å². The SMILES string of the molecule is CCc1nc2ccc(Cl)cn2c1C(=O)NCCS. The van der Waals surface area contributed by atoms with E-state index in [4.69, 9.17) is 11.6 Å². The monoisotopic (exact) mass is 283 g/mol. The highest BCUT2D eigenvalue weighted by Gasteiger charge is 2.17. The summed E-state index contributed by atoms with van der Waals surface area (Å²) in [6.45, 7) is 2.50. The molecule has 2 aromatic rings. The Balaban J connectivity index is 2.51. The molecule has 0 saturated heterocycles. The van der Waals surface area contributed by atoms with Crippen molar-refractivity contribution in [2.45, 2.75) is 13.3 Å². The van der Waals surface area contributed by atoms with Crippen LogP contribution in [-0.2, 0) is 6.42 Å². The van der Waals surface area contributed by atoms with E-state index >= 15 is 0 Å². The molecule has 4 nitrogen and oxygen atoms in total. The van der Waals surface area contributed by atoms with Crippen LogP contribution in [0.5, 0.6) is 0 Å². The van der Waals surface area contributed by atoms with Gasteiger partial charge in [0.15, 0.2) is 0 Å². The number of halogens is 1. The number of fused-ring (bicyclic) bond motifs is 1. The van der Waals surface area contributed by atoms with Crippen LogP contribution >= 0.6 is 24.2 Å². The summed E-state index contributed by atoms with van der Waals surface area (Å²) >= 11 is 10.0. The van der Waals surface area contributed by atoms with Crippen LogP contribution in [0, 0.1) is 0 Å². The molecule has 0 spiro atoms. The average molecular weight is 284 g/mol. The minimum absolute atomic E-state index is 0.143. The number of aryl methyl sites for hydroxylation is 1. The lowest BCUT2D eigenvalue weighted by molar-refractivity contribution is 0.0949. The highest BCUT2D eigenvalue weighted by molar-refractivity contribution is 7.80. The molecule has 0 radical (unpaired) electrons. The molecule has 2 rings (SSSR count). The first kappa shape index (κ1) is 13.2. The average Bonchev–Trinajstić information content (AvgIpc) is 2.73. The van der Waals surface area contributed by atoms with Gasteiger partial charge in [-0.05, 0) is 18.6 Å². The van der Waals surface area contributed by atoms with Gasteiger partial charge in [0.2, 0.25) is 0 Å². The number of aromatic nitrogens is 2. The van der Waals surface area contributed by atoms with Gasteiger partial charge in [-0.1, -0.05) is 18.5 Å². The maximum absolute atomic E-state index is 12.1. The topological polar surface area (TPSA) is 46.4 Å². The number of pyridine rings is 1. The fourth-order valence-corrected chi connectivity index (χ4v) is 2.08. The van der Waals surface area contributed by atoms with E-state index in [9.17, 15) is 4.79 Å². The second kappa shape index (κ2) is 5.63. The first-order valence-corrected chi connectivity index (χ1v) is 6.74. The highest BCUT2D eigenvalue weighted by Crippen LogP contribution is 2.17. The maximum atomic E-state index is 12.1. The van der Waals surface area contributed by atoms with Crippen molar-refractivity contribution in [1.29, 1.82) is 0 Å². The molecule has 0 unspecified atom stereocenters. The minimum Gasteiger partial charge on any atom is -0.350 e. The third kappa shape index (κ3) is 2.47. The van der Waals surface area contributed by atoms with Crippen molar-refractivity contribution in [1.82, 2.24) is 14.7 Å². The van der Waals surface area contributed by atoms with Gasteiger partial charge >= 0.3 is 0 Å². The molecule has 0 aromatic carbocycles. The molecule has 2 aromatic heterocycles. The number of nitrogens with one attached hydrogen (secondary N) is 1. The van der Waals surface area contributed by atoms with Gasteiger partial charge in [-0.25, -0.2) is 4.98 Å². The first-order chi connectivity index (χ1) is 8.67. The Morgan fingerprint density at radius 1 is 1.56 bits per heavy atom. The van der Waals surface area contributed by atoms with Crippen molar-refractivity contribution in [3.8, 4) is 0 Å². The van der Waals surface area contributed by atoms with Crippen molar-refractivity contribution in [3.63, 3.8) is 0 Å². The molecule has 96 valence electrons. The zero-order valence-electron chi connectivity index (χ0n) is 9.98. The van der Waals surface area contributed by atoms with Gasteiger partial charge in [0.1, 0.15) is 11.3 Å². The zero-order chi connectivity index (χ0) is 13.1. The minimum atomic E-state index is -0.143. The lowest BCUT2D eigenvalue weighted by Gasteiger charge is -2.05. The van der Waals surface area contributed by atoms with Crippen LogP contribution < -0.4 is 5.32 Å². The number of hydrogen-bond donors (Lipinski definition) is 2. The van der Waals surface area contributed by atoms with Crippen LogP contribution in [0.25, 0.3) is 5.65 Å². The Kier molecular flexibility index (Phi) is 4.14. The van der Waals surface area contributed by atoms with E-state index in [-0.39, 0.29) is 5.91 Å². The highest BCUT2D eigenvalue weighted by atomic mass is 35.5. The zero-order valence-corrected chi connectivity index (χ0v) is 11.6. The third-order valence-corrected chi connectivity index (χ3v) is 3.05. The summed E-state index contributed by atoms with van der Waals surface area (Å²) in [6.07, 6.45) is 2.40. The molecule has 1 amide bonds. The Bertz CT molecular complexity index is 582. The Hall–Kier alpha value is -1.20. The van der Waals surface area contributed by atoms with E-state index in [0.717, 1.165) is 11.3 Å². The number of nitrogens with zero attached hydrogens (tertiary/aromatic N) is 2. The van der Waals surface area contributed by atoms with Gasteiger partial charge in [0.05, 0.1) is 10.7 Å². The van der Waals surface area contributed by atoms with Crippen molar-refractivity contribution in [2.75, 3.05) is 12.3 Å². The lowest BCUT2D eigenvalue weighted by Crippen LogP contribution is -2.27. The summed E-state index contributed by atoms with van der Waals surface area (Å²) in [5.41, 5.74) is 2.05. The molecule has 0 aliphatic rings. The van der Waals surface area contributed by atoms with Gasteiger partial charge in [-0.15, -0.1) is 0 Å². The summed E-state index contributed by atoms with van der Waals surface area (Å²) in [5, 5.41) is 3.38. The van der Waals surface area contributed by atoms with Crippen LogP contribution in [-0.4, -0.2) is 27.6 Å². The molecule has 0 aliphatic carbocycles. The van der Waals surface area contributed by atoms with E-state index < -0.39 is 0 Å². The number of carbonyl (C=O) groups excluding carboxylic acids is 1. The molecule has 0 saturated carbocycles. The molecular formula is C12H14ClN3OS. The summed E-state index contributed by atoms with van der Waals surface area (Å²) in [7, 11) is 0. The summed E-state index contributed by atoms with van der Waals surface area (Å²) < 4.78 is 1.73. The summed E-state index contributed by atoms with van der Waals surface area (Å²) in [5.74, 6) is 0.459. The Morgan fingerprint density at radius 3 is 3.00 bits per heavy atom. The predicted octanol–water partition coefficient (Wildman–Crippen LogP) is 2.21. The van der Waals surface area contributed by atoms with Crippen LogP contribution in [0.2, 0.25) is 5.02 Å². The second-order valence-electron chi connectivity index (χ2n) is 3.82. The fourth-order valence-electron chi connectivity index (χ4n) is 1.81. The van der Waals surface area contributed by atoms with E-state index in [1.165, 1.54) is 0 Å². The van der Waals surface area contributed by atoms with Crippen molar-refractivity contribution in [2.24, 2.45) is 0 Å². The molecule has 0 atom stereocenters. The molecule has 1 N–H and O–H groups in total. The first-order valence-electron chi connectivity index (χ1n) is 5.73. The van der Waals surface area contributed by atoms with E-state index in [1.807, 2.05) is 6.92 Å². The molecule has 2 heterocycles. The summed E-state index contributed by atoms with van der Waals surface area (Å²) in [6, 6.07) is 3.57. The van der Waals surface area contributed by atoms with Crippen molar-refractivity contribution in [3.05, 3.63) is 34.7 Å². The number of hydrogen-bond acceptors (Lipinski definition) is 3. The van der Waals surface area contributed by atoms with Crippen LogP contribution in [0.4, 0.5) is 0 Å². The number of thiol groups is 1. The molecular weight excluding hydrogens is 270 g/mol. The lowest BCUT2D eigenvalue weighted by atomic mass is 10.2. The van der Waals surface area contributed by atoms with E-state index in [0.29, 0.717) is 29.4 Å². The maximum Gasteiger partial charge on any atom is 0.270 e. The molecule has 0 bridgehead atoms. The number of amides is 1. The van der Waals surface area contributed by atoms with E-state index in [1.54, 1.807) is 22.7 Å². The molecule has 0 fully saturated rings. The number of rotatable bonds is 4. The standard InChI is InChI=1S/C12H14ClN3OS/c1-2-9-11(12(17)14-5-6-18)16-7-8(13)3-4-10(16)15-9/h3-4,7,18H,2,5-6H2,1H3,(H,14,17). The van der Waals surface area contributed by atoms with Gasteiger partial charge in [0, 0.05) is 18.5 Å². The van der Waals surface area contributed by atoms with Crippen LogP contribution in [0.1, 0.15) is 23.1 Å². The Labute approximate surface area is 116 Å². The normalized spacial score (nSPS) is 10.8. The van der Waals surface area contributed by atoms with Gasteiger partial charge in [0.25, 0.3) is 5.91 Å². The van der Waals surface area contributed by atoms with Crippen molar-refractivity contribution < 1.29 is 4.79 Å². The molecule has 18 heavy (non-hydrogen) atoms. The Morgan fingerprint density at radius 2 is 2.33 bits per heavy atom. The predicted molar refractivity (Wildman–Crippen MR) is 75.8 cm³/mol. The van der Waals surface area contributed by atoms with Crippen LogP contribution in [0.3, 0.4) is 0 Å². The fraction of sp³-hybridized carbons (Fsp3) is 0.333. The second-order valence-corrected chi connectivity index (χ2v) is 4.70. The number of carbonyl (C=O) groups is 1. The summed E-state index contributed by atoms with van der Waals surface area (Å²) in [4.78, 5) is 16.5. The van der Waals surface area contributed by atoms with E-state index in [2.05, 4.69) is 22.9 Å². The third-order valence-electron chi connectivity index (χ3n) is 2.60.